The van der Waals surface area contributed by atoms with Crippen LogP contribution in [0.2, 0.25) is 0 Å². The van der Waals surface area contributed by atoms with Crippen molar-refractivity contribution >= 4 is 29.3 Å². The molecule has 0 fully saturated rings. The summed E-state index contributed by atoms with van der Waals surface area (Å²) in [7, 11) is 0. The van der Waals surface area contributed by atoms with Crippen molar-refractivity contribution in [2.75, 3.05) is 10.7 Å². The molecular formula is C23H23N4O4S+. The van der Waals surface area contributed by atoms with Gasteiger partial charge in [0, 0.05) is 24.7 Å². The lowest BCUT2D eigenvalue weighted by atomic mass is 10.0. The Morgan fingerprint density at radius 1 is 1.16 bits per heavy atom. The number of hydrogen-bond acceptors (Lipinski definition) is 6. The van der Waals surface area contributed by atoms with Crippen LogP contribution in [0, 0.1) is 0 Å². The molecule has 2 heterocycles. The third-order valence-electron chi connectivity index (χ3n) is 4.99. The van der Waals surface area contributed by atoms with Crippen LogP contribution in [-0.4, -0.2) is 27.7 Å². The lowest BCUT2D eigenvalue weighted by molar-refractivity contribution is -0.763. The van der Waals surface area contributed by atoms with Crippen LogP contribution < -0.4 is 19.9 Å². The molecule has 1 atom stereocenters. The molecule has 164 valence electrons. The van der Waals surface area contributed by atoms with E-state index in [9.17, 15) is 14.4 Å². The van der Waals surface area contributed by atoms with Crippen molar-refractivity contribution in [3.05, 3.63) is 64.4 Å². The van der Waals surface area contributed by atoms with E-state index in [1.165, 1.54) is 25.6 Å². The highest BCUT2D eigenvalue weighted by Gasteiger charge is 2.46. The van der Waals surface area contributed by atoms with E-state index >= 15 is 0 Å². The Morgan fingerprint density at radius 3 is 2.59 bits per heavy atom. The van der Waals surface area contributed by atoms with E-state index in [1.54, 1.807) is 46.0 Å². The molecule has 1 amide bonds. The minimum absolute atomic E-state index is 0.233. The summed E-state index contributed by atoms with van der Waals surface area (Å²) >= 11 is 1.43. The molecule has 1 aliphatic rings. The zero-order valence-corrected chi connectivity index (χ0v) is 18.8. The fraction of sp³-hybridized carbons (Fsp3) is 0.261. The third kappa shape index (κ3) is 3.91. The van der Waals surface area contributed by atoms with Gasteiger partial charge in [-0.15, -0.1) is 0 Å². The number of rotatable bonds is 5. The second-order valence-electron chi connectivity index (χ2n) is 7.31. The summed E-state index contributed by atoms with van der Waals surface area (Å²) in [5, 5.41) is 5.17. The average molecular weight is 452 g/mol. The summed E-state index contributed by atoms with van der Waals surface area (Å²) in [5.41, 5.74) is 1.77. The fourth-order valence-electron chi connectivity index (χ4n) is 3.80. The maximum Gasteiger partial charge on any atom is 0.325 e. The summed E-state index contributed by atoms with van der Waals surface area (Å²) in [6.07, 6.45) is 0.105. The van der Waals surface area contributed by atoms with Gasteiger partial charge in [0.25, 0.3) is 6.17 Å². The number of thioether (sulfide) groups is 1. The van der Waals surface area contributed by atoms with Gasteiger partial charge in [-0.2, -0.15) is 0 Å². The van der Waals surface area contributed by atoms with Crippen molar-refractivity contribution in [1.82, 2.24) is 10.1 Å². The minimum Gasteiger partial charge on any atom is -0.426 e. The molecule has 0 bridgehead atoms. The van der Waals surface area contributed by atoms with Gasteiger partial charge in [0.15, 0.2) is 0 Å². The second-order valence-corrected chi connectivity index (χ2v) is 8.40. The molecule has 8 nitrogen and oxygen atoms in total. The largest absolute Gasteiger partial charge is 0.426 e. The topological polar surface area (TPSA) is 96.2 Å². The molecular weight excluding hydrogens is 428 g/mol. The Morgan fingerprint density at radius 2 is 1.88 bits per heavy atom. The highest BCUT2D eigenvalue weighted by molar-refractivity contribution is 7.99. The molecule has 3 aromatic rings. The minimum atomic E-state index is -0.809. The van der Waals surface area contributed by atoms with Gasteiger partial charge in [-0.3, -0.25) is 19.4 Å². The van der Waals surface area contributed by atoms with Gasteiger partial charge in [-0.1, -0.05) is 43.0 Å². The number of nitrogens with zero attached hydrogens (tertiary/aromatic N) is 3. The van der Waals surface area contributed by atoms with Crippen LogP contribution in [0.1, 0.15) is 38.9 Å². The molecule has 1 unspecified atom stereocenters. The SMILES string of the molecule is CCCSc1n[n+]2c(c(=O)[nH]1)-c1ccccc1N(C(C)=O)C2c1ccccc1OC(C)=O. The molecule has 2 aromatic carbocycles. The average Bonchev–Trinajstić information content (AvgIpc) is 2.76. The summed E-state index contributed by atoms with van der Waals surface area (Å²) in [6.45, 7) is 4.82. The number of nitrogens with one attached hydrogen (secondary N) is 1. The van der Waals surface area contributed by atoms with Crippen molar-refractivity contribution in [2.45, 2.75) is 38.5 Å². The third-order valence-corrected chi connectivity index (χ3v) is 6.06. The van der Waals surface area contributed by atoms with Crippen LogP contribution in [0.3, 0.4) is 0 Å². The fourth-order valence-corrected chi connectivity index (χ4v) is 4.51. The zero-order valence-electron chi connectivity index (χ0n) is 18.0. The number of anilines is 1. The Labute approximate surface area is 189 Å². The van der Waals surface area contributed by atoms with Crippen molar-refractivity contribution in [3.8, 4) is 17.0 Å². The van der Waals surface area contributed by atoms with Crippen LogP contribution in [0.15, 0.2) is 58.5 Å². The van der Waals surface area contributed by atoms with Gasteiger partial charge in [0.1, 0.15) is 5.75 Å². The van der Waals surface area contributed by atoms with Gasteiger partial charge in [-0.25, -0.2) is 4.90 Å². The zero-order chi connectivity index (χ0) is 22.8. The summed E-state index contributed by atoms with van der Waals surface area (Å²) in [5.74, 6) is 0.373. The molecule has 4 rings (SSSR count). The van der Waals surface area contributed by atoms with Crippen LogP contribution in [0.5, 0.6) is 5.75 Å². The van der Waals surface area contributed by atoms with E-state index in [0.29, 0.717) is 33.4 Å². The number of para-hydroxylation sites is 2. The lowest BCUT2D eigenvalue weighted by Crippen LogP contribution is -2.60. The normalized spacial score (nSPS) is 14.5. The van der Waals surface area contributed by atoms with Crippen molar-refractivity contribution in [2.24, 2.45) is 0 Å². The van der Waals surface area contributed by atoms with E-state index in [1.807, 2.05) is 19.1 Å². The number of esters is 1. The van der Waals surface area contributed by atoms with Gasteiger partial charge in [-0.05, 0) is 35.4 Å². The molecule has 0 radical (unpaired) electrons. The van der Waals surface area contributed by atoms with Crippen molar-refractivity contribution < 1.29 is 19.0 Å². The first-order chi connectivity index (χ1) is 15.4. The van der Waals surface area contributed by atoms with E-state index in [-0.39, 0.29) is 11.5 Å². The standard InChI is InChI=1S/C23H22N4O4S/c1-4-13-32-23-24-21(30)20-16-9-5-7-11-18(16)26(14(2)28)22(27(20)25-23)17-10-6-8-12-19(17)31-15(3)29/h5-12,22H,4,13H2,1-3H3/p+1. The van der Waals surface area contributed by atoms with Crippen LogP contribution in [0.4, 0.5) is 5.69 Å². The molecule has 0 aliphatic carbocycles. The Kier molecular flexibility index (Phi) is 6.09. The van der Waals surface area contributed by atoms with Gasteiger partial charge >= 0.3 is 17.2 Å². The number of fused-ring (bicyclic) bond motifs is 3. The molecule has 9 heteroatoms. The van der Waals surface area contributed by atoms with Gasteiger partial charge in [0.05, 0.1) is 16.8 Å². The number of benzene rings is 2. The van der Waals surface area contributed by atoms with Gasteiger partial charge < -0.3 is 4.74 Å². The smallest absolute Gasteiger partial charge is 0.325 e. The number of carbonyl (C=O) groups excluding carboxylic acids is 2. The van der Waals surface area contributed by atoms with E-state index in [0.717, 1.165) is 12.2 Å². The highest BCUT2D eigenvalue weighted by atomic mass is 32.2. The Hall–Kier alpha value is -3.46. The number of H-pyrrole nitrogens is 1. The second kappa shape index (κ2) is 8.96. The summed E-state index contributed by atoms with van der Waals surface area (Å²) in [6, 6.07) is 14.2. The predicted octanol–water partition coefficient (Wildman–Crippen LogP) is 3.07. The predicted molar refractivity (Wildman–Crippen MR) is 121 cm³/mol. The quantitative estimate of drug-likeness (QED) is 0.277. The molecule has 0 spiro atoms. The lowest BCUT2D eigenvalue weighted by Gasteiger charge is -2.31. The maximum absolute atomic E-state index is 13.2. The highest BCUT2D eigenvalue weighted by Crippen LogP contribution is 2.39. The Bertz CT molecular complexity index is 1260. The molecule has 0 saturated carbocycles. The van der Waals surface area contributed by atoms with E-state index in [2.05, 4.69) is 4.98 Å². The molecule has 1 aromatic heterocycles. The first kappa shape index (κ1) is 21.8. The van der Waals surface area contributed by atoms with E-state index < -0.39 is 12.1 Å². The number of amides is 1. The van der Waals surface area contributed by atoms with Crippen LogP contribution in [0.25, 0.3) is 11.3 Å². The molecule has 1 N–H and O–H groups in total. The summed E-state index contributed by atoms with van der Waals surface area (Å²) in [4.78, 5) is 42.3. The summed E-state index contributed by atoms with van der Waals surface area (Å²) < 4.78 is 7.00. The maximum atomic E-state index is 13.2. The van der Waals surface area contributed by atoms with Gasteiger partial charge in [0.2, 0.25) is 11.1 Å². The monoisotopic (exact) mass is 451 g/mol. The van der Waals surface area contributed by atoms with Crippen molar-refractivity contribution in [3.63, 3.8) is 0 Å². The number of ether oxygens (including phenoxy) is 1. The number of aromatic nitrogens is 3. The van der Waals surface area contributed by atoms with Crippen LogP contribution >= 0.6 is 11.8 Å². The first-order valence-corrected chi connectivity index (χ1v) is 11.3. The first-order valence-electron chi connectivity index (χ1n) is 10.3. The molecule has 1 aliphatic heterocycles. The number of hydrogen-bond donors (Lipinski definition) is 1. The van der Waals surface area contributed by atoms with Crippen LogP contribution in [-0.2, 0) is 9.59 Å². The molecule has 32 heavy (non-hydrogen) atoms. The van der Waals surface area contributed by atoms with Crippen molar-refractivity contribution in [1.29, 1.82) is 0 Å². The number of aromatic amines is 1. The van der Waals surface area contributed by atoms with E-state index in [4.69, 9.17) is 9.84 Å². The number of carbonyl (C=O) groups is 2. The Balaban J connectivity index is 2.04. The molecule has 0 saturated heterocycles.